The van der Waals surface area contributed by atoms with E-state index in [0.717, 1.165) is 0 Å². The van der Waals surface area contributed by atoms with Crippen molar-refractivity contribution >= 4 is 23.9 Å². The van der Waals surface area contributed by atoms with Crippen LogP contribution in [0.4, 0.5) is 4.39 Å². The molecule has 1 rings (SSSR count). The second kappa shape index (κ2) is 11.8. The third-order valence-corrected chi connectivity index (χ3v) is 3.71. The van der Waals surface area contributed by atoms with Crippen LogP contribution in [0.15, 0.2) is 30.3 Å². The molecule has 27 heavy (non-hydrogen) atoms. The highest BCUT2D eigenvalue weighted by Gasteiger charge is 2.23. The van der Waals surface area contributed by atoms with E-state index in [2.05, 4.69) is 10.6 Å². The smallest absolute Gasteiger partial charge is 0.305 e. The maximum absolute atomic E-state index is 12.9. The van der Waals surface area contributed by atoms with Gasteiger partial charge >= 0.3 is 5.97 Å². The van der Waals surface area contributed by atoms with Crippen LogP contribution in [0.5, 0.6) is 0 Å². The highest BCUT2D eigenvalue weighted by Crippen LogP contribution is 2.06. The molecular weight excluding hydrogens is 351 g/mol. The fraction of sp³-hybridized carbons (Fsp3) is 0.450. The number of hydrogen-bond acceptors (Lipinski definition) is 4. The Balaban J connectivity index is 2.49. The Labute approximate surface area is 159 Å². The zero-order valence-corrected chi connectivity index (χ0v) is 16.0. The topological polar surface area (TPSA) is 84.5 Å². The second-order valence-corrected chi connectivity index (χ2v) is 6.31. The highest BCUT2D eigenvalue weighted by molar-refractivity contribution is 5.95. The van der Waals surface area contributed by atoms with Gasteiger partial charge in [0.05, 0.1) is 6.61 Å². The molecule has 0 aliphatic heterocycles. The minimum Gasteiger partial charge on any atom is -0.466 e. The Bertz CT molecular complexity index is 656. The minimum absolute atomic E-state index is 0.113. The van der Waals surface area contributed by atoms with Crippen LogP contribution in [0, 0.1) is 11.7 Å². The van der Waals surface area contributed by atoms with Crippen LogP contribution in [-0.4, -0.2) is 37.0 Å². The molecule has 148 valence electrons. The van der Waals surface area contributed by atoms with Crippen molar-refractivity contribution in [1.82, 2.24) is 10.6 Å². The van der Waals surface area contributed by atoms with Crippen LogP contribution in [0.3, 0.4) is 0 Å². The molecule has 0 bridgehead atoms. The Kier molecular flexibility index (Phi) is 9.79. The number of nitrogens with one attached hydrogen (secondary N) is 2. The standard InChI is InChI=1S/C20H27FN2O4/c1-4-27-18(25)6-5-13-22-20(26)19(14(2)3)23-17(24)12-9-15-7-10-16(21)11-8-15/h7-12,14,19H,4-6,13H2,1-3H3,(H,22,26)(H,23,24)/b12-9+/t19-/m0/s1. The molecule has 1 aromatic rings. The van der Waals surface area contributed by atoms with Crippen molar-refractivity contribution < 1.29 is 23.5 Å². The number of ether oxygens (including phenoxy) is 1. The number of benzene rings is 1. The molecule has 0 aliphatic carbocycles. The number of rotatable bonds is 10. The molecule has 0 spiro atoms. The summed E-state index contributed by atoms with van der Waals surface area (Å²) in [7, 11) is 0. The molecule has 2 amide bonds. The molecule has 0 saturated heterocycles. The van der Waals surface area contributed by atoms with Gasteiger partial charge in [0.25, 0.3) is 0 Å². The molecule has 7 heteroatoms. The third kappa shape index (κ3) is 8.99. The molecule has 0 saturated carbocycles. The summed E-state index contributed by atoms with van der Waals surface area (Å²) in [4.78, 5) is 35.6. The molecule has 0 unspecified atom stereocenters. The van der Waals surface area contributed by atoms with Crippen LogP contribution < -0.4 is 10.6 Å². The summed E-state index contributed by atoms with van der Waals surface area (Å²) < 4.78 is 17.7. The van der Waals surface area contributed by atoms with E-state index in [1.54, 1.807) is 25.1 Å². The van der Waals surface area contributed by atoms with Crippen molar-refractivity contribution in [2.24, 2.45) is 5.92 Å². The van der Waals surface area contributed by atoms with Crippen molar-refractivity contribution in [3.63, 3.8) is 0 Å². The number of carbonyl (C=O) groups is 3. The fourth-order valence-electron chi connectivity index (χ4n) is 2.27. The van der Waals surface area contributed by atoms with E-state index in [1.165, 1.54) is 18.2 Å². The summed E-state index contributed by atoms with van der Waals surface area (Å²) in [6.07, 6.45) is 3.54. The van der Waals surface area contributed by atoms with E-state index in [4.69, 9.17) is 4.74 Å². The average molecular weight is 378 g/mol. The first-order chi connectivity index (χ1) is 12.8. The Hall–Kier alpha value is -2.70. The van der Waals surface area contributed by atoms with Crippen LogP contribution in [0.1, 0.15) is 39.2 Å². The van der Waals surface area contributed by atoms with E-state index < -0.39 is 11.9 Å². The summed E-state index contributed by atoms with van der Waals surface area (Å²) in [6, 6.07) is 5.01. The van der Waals surface area contributed by atoms with Gasteiger partial charge in [0.1, 0.15) is 11.9 Å². The summed E-state index contributed by atoms with van der Waals surface area (Å²) in [5, 5.41) is 5.38. The maximum atomic E-state index is 12.9. The highest BCUT2D eigenvalue weighted by atomic mass is 19.1. The lowest BCUT2D eigenvalue weighted by Gasteiger charge is -2.21. The third-order valence-electron chi connectivity index (χ3n) is 3.71. The predicted molar refractivity (Wildman–Crippen MR) is 101 cm³/mol. The van der Waals surface area contributed by atoms with Gasteiger partial charge in [-0.05, 0) is 43.0 Å². The van der Waals surface area contributed by atoms with E-state index in [9.17, 15) is 18.8 Å². The molecule has 0 aromatic heterocycles. The predicted octanol–water partition coefficient (Wildman–Crippen LogP) is 2.44. The first kappa shape index (κ1) is 22.3. The van der Waals surface area contributed by atoms with Gasteiger partial charge in [-0.25, -0.2) is 4.39 Å². The van der Waals surface area contributed by atoms with Gasteiger partial charge in [0.2, 0.25) is 11.8 Å². The fourth-order valence-corrected chi connectivity index (χ4v) is 2.27. The zero-order valence-electron chi connectivity index (χ0n) is 16.0. The van der Waals surface area contributed by atoms with Gasteiger partial charge in [-0.2, -0.15) is 0 Å². The molecule has 0 heterocycles. The summed E-state index contributed by atoms with van der Waals surface area (Å²) >= 11 is 0. The lowest BCUT2D eigenvalue weighted by molar-refractivity contribution is -0.143. The number of carbonyl (C=O) groups excluding carboxylic acids is 3. The van der Waals surface area contributed by atoms with E-state index >= 15 is 0 Å². The molecule has 0 aliphatic rings. The molecule has 6 nitrogen and oxygen atoms in total. The summed E-state index contributed by atoms with van der Waals surface area (Å²) in [6.45, 7) is 6.04. The quantitative estimate of drug-likeness (QED) is 0.372. The number of esters is 1. The number of amides is 2. The van der Waals surface area contributed by atoms with E-state index in [1.807, 2.05) is 13.8 Å². The molecule has 2 N–H and O–H groups in total. The van der Waals surface area contributed by atoms with Crippen molar-refractivity contribution in [3.05, 3.63) is 41.7 Å². The van der Waals surface area contributed by atoms with Crippen molar-refractivity contribution in [3.8, 4) is 0 Å². The van der Waals surface area contributed by atoms with Crippen LogP contribution in [0.25, 0.3) is 6.08 Å². The second-order valence-electron chi connectivity index (χ2n) is 6.31. The Morgan fingerprint density at radius 2 is 1.85 bits per heavy atom. The summed E-state index contributed by atoms with van der Waals surface area (Å²) in [5.41, 5.74) is 0.677. The molecule has 0 fully saturated rings. The van der Waals surface area contributed by atoms with Gasteiger partial charge in [-0.1, -0.05) is 26.0 Å². The van der Waals surface area contributed by atoms with E-state index in [-0.39, 0.29) is 30.0 Å². The first-order valence-electron chi connectivity index (χ1n) is 9.01. The lowest BCUT2D eigenvalue weighted by Crippen LogP contribution is -2.49. The molecular formula is C20H27FN2O4. The normalized spacial score (nSPS) is 12.0. The van der Waals surface area contributed by atoms with Crippen LogP contribution in [0.2, 0.25) is 0 Å². The molecule has 0 radical (unpaired) electrons. The zero-order chi connectivity index (χ0) is 20.2. The largest absolute Gasteiger partial charge is 0.466 e. The van der Waals surface area contributed by atoms with Crippen molar-refractivity contribution in [1.29, 1.82) is 0 Å². The van der Waals surface area contributed by atoms with E-state index in [0.29, 0.717) is 25.1 Å². The van der Waals surface area contributed by atoms with Gasteiger partial charge in [-0.3, -0.25) is 14.4 Å². The maximum Gasteiger partial charge on any atom is 0.305 e. The lowest BCUT2D eigenvalue weighted by atomic mass is 10.0. The van der Waals surface area contributed by atoms with Gasteiger partial charge < -0.3 is 15.4 Å². The summed E-state index contributed by atoms with van der Waals surface area (Å²) in [5.74, 6) is -1.49. The Morgan fingerprint density at radius 1 is 1.19 bits per heavy atom. The average Bonchev–Trinajstić information content (AvgIpc) is 2.62. The van der Waals surface area contributed by atoms with Crippen molar-refractivity contribution in [2.45, 2.75) is 39.7 Å². The van der Waals surface area contributed by atoms with Gasteiger partial charge in [0.15, 0.2) is 0 Å². The van der Waals surface area contributed by atoms with Gasteiger partial charge in [0, 0.05) is 19.0 Å². The molecule has 1 atom stereocenters. The van der Waals surface area contributed by atoms with Gasteiger partial charge in [-0.15, -0.1) is 0 Å². The Morgan fingerprint density at radius 3 is 2.44 bits per heavy atom. The number of hydrogen-bond donors (Lipinski definition) is 2. The monoisotopic (exact) mass is 378 g/mol. The van der Waals surface area contributed by atoms with Crippen molar-refractivity contribution in [2.75, 3.05) is 13.2 Å². The van der Waals surface area contributed by atoms with Crippen LogP contribution in [-0.2, 0) is 19.1 Å². The SMILES string of the molecule is CCOC(=O)CCCNC(=O)[C@@H](NC(=O)/C=C/c1ccc(F)cc1)C(C)C. The first-order valence-corrected chi connectivity index (χ1v) is 9.01. The number of halogens is 1. The minimum atomic E-state index is -0.696. The van der Waals surface area contributed by atoms with Crippen LogP contribution >= 0.6 is 0 Å². The molecule has 1 aromatic carbocycles.